The summed E-state index contributed by atoms with van der Waals surface area (Å²) in [7, 11) is 1.40. The topological polar surface area (TPSA) is 42.2 Å². The van der Waals surface area contributed by atoms with Crippen molar-refractivity contribution in [3.05, 3.63) is 82.0 Å². The summed E-state index contributed by atoms with van der Waals surface area (Å²) in [5.41, 5.74) is 2.68. The van der Waals surface area contributed by atoms with E-state index in [0.717, 1.165) is 35.1 Å². The molecule has 0 aliphatic carbocycles. The first kappa shape index (κ1) is 19.6. The average molecular weight is 390 g/mol. The molecule has 0 saturated heterocycles. The Balaban J connectivity index is 2.07. The molecule has 3 rings (SSSR count). The van der Waals surface area contributed by atoms with Crippen molar-refractivity contribution < 1.29 is 17.6 Å². The number of nitrogens with one attached hydrogen (secondary N) is 1. The minimum Gasteiger partial charge on any atom is -0.325 e. The van der Waals surface area contributed by atoms with E-state index in [1.807, 2.05) is 32.0 Å². The second-order valence-corrected chi connectivity index (χ2v) is 6.40. The first-order valence-electron chi connectivity index (χ1n) is 8.46. The van der Waals surface area contributed by atoms with E-state index in [0.29, 0.717) is 0 Å². The molecule has 3 aromatic rings. The van der Waals surface area contributed by atoms with Crippen molar-refractivity contribution in [3.8, 4) is 0 Å². The molecule has 2 aromatic carbocycles. The Bertz CT molecular complexity index is 1080. The third kappa shape index (κ3) is 4.05. The van der Waals surface area contributed by atoms with Crippen LogP contribution in [0, 0.1) is 37.1 Å². The zero-order valence-electron chi connectivity index (χ0n) is 15.5. The van der Waals surface area contributed by atoms with Gasteiger partial charge in [-0.1, -0.05) is 12.1 Å². The molecule has 0 saturated carbocycles. The molecule has 1 heterocycles. The Morgan fingerprint density at radius 1 is 1.00 bits per heavy atom. The van der Waals surface area contributed by atoms with Gasteiger partial charge < -0.3 is 9.88 Å². The van der Waals surface area contributed by atoms with Crippen LogP contribution in [-0.2, 0) is 6.54 Å². The number of benzene rings is 2. The van der Waals surface area contributed by atoms with Crippen molar-refractivity contribution >= 4 is 11.6 Å². The molecule has 1 aromatic heterocycles. The summed E-state index contributed by atoms with van der Waals surface area (Å²) in [6.45, 7) is 3.69. The van der Waals surface area contributed by atoms with Crippen molar-refractivity contribution in [1.82, 2.24) is 9.55 Å². The van der Waals surface area contributed by atoms with E-state index in [1.54, 1.807) is 0 Å². The average Bonchev–Trinajstić information content (AvgIpc) is 2.64. The normalized spacial score (nSPS) is 11.8. The lowest BCUT2D eigenvalue weighted by Crippen LogP contribution is -2.21. The molecule has 28 heavy (non-hydrogen) atoms. The van der Waals surface area contributed by atoms with Gasteiger partial charge in [-0.15, -0.1) is 0 Å². The lowest BCUT2D eigenvalue weighted by Gasteiger charge is -2.16. The number of rotatable bonds is 4. The number of aryl methyl sites for hydroxylation is 2. The number of nitrogens with zero attached hydrogens (tertiary/aromatic N) is 3. The minimum absolute atomic E-state index is 0.111. The van der Waals surface area contributed by atoms with E-state index in [2.05, 4.69) is 15.3 Å². The van der Waals surface area contributed by atoms with Gasteiger partial charge in [0.2, 0.25) is 5.95 Å². The molecule has 0 aliphatic heterocycles. The fourth-order valence-corrected chi connectivity index (χ4v) is 2.74. The van der Waals surface area contributed by atoms with Gasteiger partial charge in [-0.2, -0.15) is 4.98 Å². The molecule has 0 atom stereocenters. The first-order chi connectivity index (χ1) is 13.3. The number of hydrogen-bond acceptors (Lipinski definition) is 3. The van der Waals surface area contributed by atoms with E-state index in [4.69, 9.17) is 0 Å². The van der Waals surface area contributed by atoms with Crippen LogP contribution in [0.4, 0.5) is 29.2 Å². The van der Waals surface area contributed by atoms with Crippen molar-refractivity contribution in [1.29, 1.82) is 0 Å². The Morgan fingerprint density at radius 3 is 2.32 bits per heavy atom. The van der Waals surface area contributed by atoms with Crippen LogP contribution < -0.4 is 10.8 Å². The van der Waals surface area contributed by atoms with Crippen LogP contribution in [0.1, 0.15) is 16.7 Å². The molecule has 4 nitrogen and oxygen atoms in total. The van der Waals surface area contributed by atoms with Gasteiger partial charge in [0.1, 0.15) is 0 Å². The van der Waals surface area contributed by atoms with Crippen LogP contribution in [0.3, 0.4) is 0 Å². The van der Waals surface area contributed by atoms with Gasteiger partial charge >= 0.3 is 0 Å². The standard InChI is InChI=1S/C20H18F4N4/c1-11-4-5-12(2)17(6-11)26-20-27-19(25-3)16(23)10-28(20)9-13-7-14(21)18(24)15(22)8-13/h4-8,10H,9H2,1-3H3,(H,25,26,27). The summed E-state index contributed by atoms with van der Waals surface area (Å²) in [6.07, 6.45) is 1.13. The fraction of sp³-hybridized carbons (Fsp3) is 0.200. The van der Waals surface area contributed by atoms with Gasteiger partial charge in [0.25, 0.3) is 0 Å². The number of aromatic nitrogens is 2. The van der Waals surface area contributed by atoms with Crippen LogP contribution in [-0.4, -0.2) is 16.6 Å². The van der Waals surface area contributed by atoms with Crippen LogP contribution in [0.15, 0.2) is 41.5 Å². The monoisotopic (exact) mass is 390 g/mol. The molecular formula is C20H18F4N4. The molecule has 0 unspecified atom stereocenters. The summed E-state index contributed by atoms with van der Waals surface area (Å²) in [6, 6.07) is 7.49. The maximum Gasteiger partial charge on any atom is 0.209 e. The number of hydrogen-bond donors (Lipinski definition) is 1. The Hall–Kier alpha value is -3.16. The Labute approximate surface area is 159 Å². The predicted octanol–water partition coefficient (Wildman–Crippen LogP) is 4.38. The summed E-state index contributed by atoms with van der Waals surface area (Å²) in [5.74, 6) is -4.65. The third-order valence-corrected chi connectivity index (χ3v) is 4.21. The van der Waals surface area contributed by atoms with Gasteiger partial charge in [-0.3, -0.25) is 4.99 Å². The lowest BCUT2D eigenvalue weighted by molar-refractivity contribution is 0.444. The van der Waals surface area contributed by atoms with Gasteiger partial charge in [0.15, 0.2) is 28.8 Å². The van der Waals surface area contributed by atoms with Crippen molar-refractivity contribution in [2.75, 3.05) is 12.4 Å². The Morgan fingerprint density at radius 2 is 1.68 bits per heavy atom. The highest BCUT2D eigenvalue weighted by molar-refractivity contribution is 5.59. The second-order valence-electron chi connectivity index (χ2n) is 6.40. The van der Waals surface area contributed by atoms with Crippen molar-refractivity contribution in [3.63, 3.8) is 0 Å². The van der Waals surface area contributed by atoms with E-state index < -0.39 is 23.3 Å². The molecular weight excluding hydrogens is 372 g/mol. The smallest absolute Gasteiger partial charge is 0.209 e. The van der Waals surface area contributed by atoms with Crippen LogP contribution in [0.2, 0.25) is 0 Å². The van der Waals surface area contributed by atoms with Crippen LogP contribution in [0.25, 0.3) is 0 Å². The molecule has 0 spiro atoms. The lowest BCUT2D eigenvalue weighted by atomic mass is 10.1. The number of halogens is 4. The van der Waals surface area contributed by atoms with E-state index >= 15 is 0 Å². The first-order valence-corrected chi connectivity index (χ1v) is 8.46. The molecule has 0 bridgehead atoms. The molecule has 0 radical (unpaired) electrons. The summed E-state index contributed by atoms with van der Waals surface area (Å²) in [4.78, 5) is 7.96. The zero-order valence-corrected chi connectivity index (χ0v) is 15.5. The molecule has 1 N–H and O–H groups in total. The second kappa shape index (κ2) is 7.84. The summed E-state index contributed by atoms with van der Waals surface area (Å²) >= 11 is 0. The Kier molecular flexibility index (Phi) is 5.48. The number of anilines is 2. The molecule has 8 heteroatoms. The van der Waals surface area contributed by atoms with Gasteiger partial charge in [0.05, 0.1) is 6.54 Å². The quantitative estimate of drug-likeness (QED) is 0.531. The van der Waals surface area contributed by atoms with Gasteiger partial charge in [0, 0.05) is 18.9 Å². The van der Waals surface area contributed by atoms with E-state index in [-0.39, 0.29) is 23.5 Å². The third-order valence-electron chi connectivity index (χ3n) is 4.21. The maximum absolute atomic E-state index is 14.2. The van der Waals surface area contributed by atoms with E-state index in [1.165, 1.54) is 11.6 Å². The zero-order chi connectivity index (χ0) is 20.4. The van der Waals surface area contributed by atoms with Crippen LogP contribution in [0.5, 0.6) is 0 Å². The molecule has 0 aliphatic rings. The highest BCUT2D eigenvalue weighted by Crippen LogP contribution is 2.22. The minimum atomic E-state index is -1.55. The molecule has 0 amide bonds. The summed E-state index contributed by atoms with van der Waals surface area (Å²) < 4.78 is 55.9. The van der Waals surface area contributed by atoms with Gasteiger partial charge in [-0.05, 0) is 48.7 Å². The van der Waals surface area contributed by atoms with Crippen molar-refractivity contribution in [2.24, 2.45) is 4.99 Å². The SMILES string of the molecule is CN=c1nc(Nc2cc(C)ccc2C)n(Cc2cc(F)c(F)c(F)c2)cc1F. The van der Waals surface area contributed by atoms with Crippen molar-refractivity contribution in [2.45, 2.75) is 20.4 Å². The van der Waals surface area contributed by atoms with Crippen LogP contribution >= 0.6 is 0 Å². The maximum atomic E-state index is 14.2. The van der Waals surface area contributed by atoms with E-state index in [9.17, 15) is 17.6 Å². The summed E-state index contributed by atoms with van der Waals surface area (Å²) in [5, 5.41) is 3.11. The largest absolute Gasteiger partial charge is 0.325 e. The highest BCUT2D eigenvalue weighted by atomic mass is 19.2. The van der Waals surface area contributed by atoms with Gasteiger partial charge in [-0.25, -0.2) is 17.6 Å². The highest BCUT2D eigenvalue weighted by Gasteiger charge is 2.14. The predicted molar refractivity (Wildman–Crippen MR) is 98.3 cm³/mol. The fourth-order valence-electron chi connectivity index (χ4n) is 2.74. The molecule has 146 valence electrons. The molecule has 0 fully saturated rings.